The molecule has 0 amide bonds. The molecule has 3 nitrogen and oxygen atoms in total. The fourth-order valence-corrected chi connectivity index (χ4v) is 2.05. The summed E-state index contributed by atoms with van der Waals surface area (Å²) in [5, 5.41) is 3.12. The molecule has 5 heteroatoms. The number of benzene rings is 1. The lowest BCUT2D eigenvalue weighted by Crippen LogP contribution is -2.28. The molecule has 1 aliphatic rings. The third kappa shape index (κ3) is 2.04. The van der Waals surface area contributed by atoms with Crippen molar-refractivity contribution in [2.24, 2.45) is 4.99 Å². The van der Waals surface area contributed by atoms with Crippen molar-refractivity contribution < 1.29 is 9.13 Å². The van der Waals surface area contributed by atoms with Gasteiger partial charge in [0.1, 0.15) is 17.4 Å². The second-order valence-electron chi connectivity index (χ2n) is 3.70. The maximum atomic E-state index is 13.8. The Bertz CT molecular complexity index is 448. The van der Waals surface area contributed by atoms with Crippen molar-refractivity contribution in [3.05, 3.63) is 28.0 Å². The SMILES string of the molecule is COc1cc(Br)cc(F)c1C1=NCC(C)N1. The number of hydrogen-bond acceptors (Lipinski definition) is 3. The number of ether oxygens (including phenoxy) is 1. The molecule has 0 spiro atoms. The summed E-state index contributed by atoms with van der Waals surface area (Å²) < 4.78 is 19.7. The predicted octanol–water partition coefficient (Wildman–Crippen LogP) is 2.34. The quantitative estimate of drug-likeness (QED) is 0.905. The molecule has 0 saturated heterocycles. The van der Waals surface area contributed by atoms with Gasteiger partial charge < -0.3 is 10.1 Å². The van der Waals surface area contributed by atoms with Crippen LogP contribution in [0.25, 0.3) is 0 Å². The average molecular weight is 287 g/mol. The van der Waals surface area contributed by atoms with Crippen LogP contribution in [-0.2, 0) is 0 Å². The Labute approximate surface area is 102 Å². The van der Waals surface area contributed by atoms with E-state index in [1.54, 1.807) is 6.07 Å². The van der Waals surface area contributed by atoms with Gasteiger partial charge in [-0.15, -0.1) is 0 Å². The molecular formula is C11H12BrFN2O. The predicted molar refractivity (Wildman–Crippen MR) is 64.7 cm³/mol. The number of halogens is 2. The number of hydrogen-bond donors (Lipinski definition) is 1. The summed E-state index contributed by atoms with van der Waals surface area (Å²) in [6.07, 6.45) is 0. The zero-order valence-electron chi connectivity index (χ0n) is 9.05. The van der Waals surface area contributed by atoms with E-state index in [2.05, 4.69) is 26.2 Å². The summed E-state index contributed by atoms with van der Waals surface area (Å²) in [5.74, 6) is 0.702. The van der Waals surface area contributed by atoms with Gasteiger partial charge in [0, 0.05) is 10.5 Å². The van der Waals surface area contributed by atoms with Crippen LogP contribution in [0.1, 0.15) is 12.5 Å². The minimum atomic E-state index is -0.341. The van der Waals surface area contributed by atoms with Crippen molar-refractivity contribution in [1.82, 2.24) is 5.32 Å². The van der Waals surface area contributed by atoms with Gasteiger partial charge in [-0.05, 0) is 19.1 Å². The highest BCUT2D eigenvalue weighted by Gasteiger charge is 2.21. The largest absolute Gasteiger partial charge is 0.496 e. The van der Waals surface area contributed by atoms with E-state index in [1.165, 1.54) is 13.2 Å². The summed E-state index contributed by atoms with van der Waals surface area (Å²) >= 11 is 3.23. The number of nitrogens with one attached hydrogen (secondary N) is 1. The summed E-state index contributed by atoms with van der Waals surface area (Å²) in [7, 11) is 1.52. The number of aliphatic imine (C=N–C) groups is 1. The average Bonchev–Trinajstić information content (AvgIpc) is 2.63. The molecule has 0 saturated carbocycles. The van der Waals surface area contributed by atoms with Crippen LogP contribution in [0.15, 0.2) is 21.6 Å². The molecule has 1 unspecified atom stereocenters. The number of amidine groups is 1. The third-order valence-corrected chi connectivity index (χ3v) is 2.84. The van der Waals surface area contributed by atoms with E-state index in [1.807, 2.05) is 6.92 Å². The van der Waals surface area contributed by atoms with Crippen molar-refractivity contribution in [2.45, 2.75) is 13.0 Å². The second kappa shape index (κ2) is 4.41. The number of methoxy groups -OCH3 is 1. The topological polar surface area (TPSA) is 33.6 Å². The lowest BCUT2D eigenvalue weighted by atomic mass is 10.1. The Hall–Kier alpha value is -1.10. The van der Waals surface area contributed by atoms with Crippen molar-refractivity contribution in [3.8, 4) is 5.75 Å². The first kappa shape index (κ1) is 11.4. The van der Waals surface area contributed by atoms with Crippen molar-refractivity contribution in [2.75, 3.05) is 13.7 Å². The molecule has 1 heterocycles. The summed E-state index contributed by atoms with van der Waals surface area (Å²) in [6.45, 7) is 2.66. The van der Waals surface area contributed by atoms with Crippen LogP contribution >= 0.6 is 15.9 Å². The van der Waals surface area contributed by atoms with E-state index in [9.17, 15) is 4.39 Å². The van der Waals surface area contributed by atoms with Crippen LogP contribution in [-0.4, -0.2) is 25.5 Å². The van der Waals surface area contributed by atoms with Crippen LogP contribution in [0.5, 0.6) is 5.75 Å². The molecule has 1 N–H and O–H groups in total. The van der Waals surface area contributed by atoms with Crippen LogP contribution < -0.4 is 10.1 Å². The van der Waals surface area contributed by atoms with Gasteiger partial charge in [-0.25, -0.2) is 4.39 Å². The lowest BCUT2D eigenvalue weighted by molar-refractivity contribution is 0.409. The fourth-order valence-electron chi connectivity index (χ4n) is 1.64. The van der Waals surface area contributed by atoms with Gasteiger partial charge in [-0.1, -0.05) is 15.9 Å². The molecule has 0 bridgehead atoms. The normalized spacial score (nSPS) is 19.2. The molecule has 0 fully saturated rings. The first-order valence-electron chi connectivity index (χ1n) is 4.96. The highest BCUT2D eigenvalue weighted by atomic mass is 79.9. The summed E-state index contributed by atoms with van der Waals surface area (Å²) in [5.41, 5.74) is 0.398. The summed E-state index contributed by atoms with van der Waals surface area (Å²) in [4.78, 5) is 4.26. The van der Waals surface area contributed by atoms with Crippen LogP contribution in [0.2, 0.25) is 0 Å². The first-order chi connectivity index (χ1) is 7.61. The molecule has 1 atom stereocenters. The standard InChI is InChI=1S/C11H12BrFN2O/c1-6-5-14-11(15-6)10-8(13)3-7(12)4-9(10)16-2/h3-4,6H,5H2,1-2H3,(H,14,15). The molecule has 1 aromatic rings. The Kier molecular flexibility index (Phi) is 3.14. The maximum absolute atomic E-state index is 13.8. The van der Waals surface area contributed by atoms with E-state index in [0.29, 0.717) is 28.2 Å². The molecule has 0 aromatic heterocycles. The van der Waals surface area contributed by atoms with Crippen molar-refractivity contribution >= 4 is 21.8 Å². The highest BCUT2D eigenvalue weighted by Crippen LogP contribution is 2.27. The van der Waals surface area contributed by atoms with Crippen LogP contribution in [0.4, 0.5) is 4.39 Å². The monoisotopic (exact) mass is 286 g/mol. The maximum Gasteiger partial charge on any atom is 0.139 e. The smallest absolute Gasteiger partial charge is 0.139 e. The van der Waals surface area contributed by atoms with Crippen LogP contribution in [0.3, 0.4) is 0 Å². The van der Waals surface area contributed by atoms with Gasteiger partial charge >= 0.3 is 0 Å². The van der Waals surface area contributed by atoms with Gasteiger partial charge in [0.15, 0.2) is 0 Å². The molecule has 1 aliphatic heterocycles. The minimum absolute atomic E-state index is 0.239. The second-order valence-corrected chi connectivity index (χ2v) is 4.62. The molecule has 0 radical (unpaired) electrons. The molecule has 16 heavy (non-hydrogen) atoms. The molecule has 2 rings (SSSR count). The minimum Gasteiger partial charge on any atom is -0.496 e. The molecular weight excluding hydrogens is 275 g/mol. The van der Waals surface area contributed by atoms with Crippen molar-refractivity contribution in [3.63, 3.8) is 0 Å². The molecule has 86 valence electrons. The first-order valence-corrected chi connectivity index (χ1v) is 5.75. The molecule has 1 aromatic carbocycles. The van der Waals surface area contributed by atoms with Crippen LogP contribution in [0, 0.1) is 5.82 Å². The number of rotatable bonds is 2. The Morgan fingerprint density at radius 2 is 2.31 bits per heavy atom. The number of nitrogens with zero attached hydrogens (tertiary/aromatic N) is 1. The van der Waals surface area contributed by atoms with Gasteiger partial charge in [0.25, 0.3) is 0 Å². The molecule has 0 aliphatic carbocycles. The Morgan fingerprint density at radius 1 is 1.56 bits per heavy atom. The van der Waals surface area contributed by atoms with Gasteiger partial charge in [-0.2, -0.15) is 0 Å². The fraction of sp³-hybridized carbons (Fsp3) is 0.364. The third-order valence-electron chi connectivity index (χ3n) is 2.38. The lowest BCUT2D eigenvalue weighted by Gasteiger charge is -2.12. The van der Waals surface area contributed by atoms with E-state index in [4.69, 9.17) is 4.74 Å². The zero-order valence-corrected chi connectivity index (χ0v) is 10.6. The zero-order chi connectivity index (χ0) is 11.7. The Morgan fingerprint density at radius 3 is 2.88 bits per heavy atom. The van der Waals surface area contributed by atoms with E-state index >= 15 is 0 Å². The highest BCUT2D eigenvalue weighted by molar-refractivity contribution is 9.10. The van der Waals surface area contributed by atoms with Gasteiger partial charge in [0.2, 0.25) is 0 Å². The van der Waals surface area contributed by atoms with E-state index in [-0.39, 0.29) is 11.9 Å². The van der Waals surface area contributed by atoms with Crippen molar-refractivity contribution in [1.29, 1.82) is 0 Å². The van der Waals surface area contributed by atoms with Gasteiger partial charge in [0.05, 0.1) is 19.2 Å². The van der Waals surface area contributed by atoms with Gasteiger partial charge in [-0.3, -0.25) is 4.99 Å². The summed E-state index contributed by atoms with van der Waals surface area (Å²) in [6, 6.07) is 3.37. The van der Waals surface area contributed by atoms with E-state index < -0.39 is 0 Å². The Balaban J connectivity index is 2.47. The van der Waals surface area contributed by atoms with E-state index in [0.717, 1.165) is 0 Å².